The van der Waals surface area contributed by atoms with Gasteiger partial charge in [-0.2, -0.15) is 0 Å². The Morgan fingerprint density at radius 3 is 2.52 bits per heavy atom. The van der Waals surface area contributed by atoms with Crippen molar-refractivity contribution in [3.8, 4) is 22.5 Å². The van der Waals surface area contributed by atoms with E-state index in [1.54, 1.807) is 6.07 Å². The van der Waals surface area contributed by atoms with Gasteiger partial charge in [-0.3, -0.25) is 10.1 Å². The molecule has 122 valence electrons. The fraction of sp³-hybridized carbons (Fsp3) is 0. The van der Waals surface area contributed by atoms with Gasteiger partial charge in [0.2, 0.25) is 0 Å². The van der Waals surface area contributed by atoms with Crippen LogP contribution in [-0.2, 0) is 0 Å². The number of aromatic amines is 1. The van der Waals surface area contributed by atoms with Gasteiger partial charge in [-0.25, -0.2) is 4.98 Å². The number of nitrogens with one attached hydrogen (secondary N) is 1. The Labute approximate surface area is 148 Å². The maximum Gasteiger partial charge on any atom is 0.288 e. The Kier molecular flexibility index (Phi) is 3.71. The molecule has 0 radical (unpaired) electrons. The smallest absolute Gasteiger partial charge is 0.288 e. The number of hydrogen-bond donors (Lipinski definition) is 1. The predicted molar refractivity (Wildman–Crippen MR) is 98.6 cm³/mol. The Morgan fingerprint density at radius 2 is 1.76 bits per heavy atom. The van der Waals surface area contributed by atoms with Crippen LogP contribution in [0.25, 0.3) is 33.5 Å². The van der Waals surface area contributed by atoms with Crippen molar-refractivity contribution in [1.82, 2.24) is 9.97 Å². The van der Waals surface area contributed by atoms with Gasteiger partial charge in [-0.15, -0.1) is 0 Å². The number of imidazole rings is 1. The van der Waals surface area contributed by atoms with Crippen molar-refractivity contribution in [2.24, 2.45) is 0 Å². The third kappa shape index (κ3) is 2.75. The van der Waals surface area contributed by atoms with Crippen LogP contribution in [0.4, 0.5) is 5.69 Å². The van der Waals surface area contributed by atoms with E-state index < -0.39 is 4.92 Å². The summed E-state index contributed by atoms with van der Waals surface area (Å²) in [6, 6.07) is 20.5. The van der Waals surface area contributed by atoms with E-state index in [0.29, 0.717) is 11.4 Å². The number of nitro groups is 1. The number of nitro benzene ring substituents is 1. The summed E-state index contributed by atoms with van der Waals surface area (Å²) in [6.07, 6.45) is 0. The first-order chi connectivity index (χ1) is 12.1. The minimum atomic E-state index is -0.496. The number of halogens is 1. The number of rotatable bonds is 3. The molecule has 1 N–H and O–H groups in total. The molecule has 5 nitrogen and oxygen atoms in total. The van der Waals surface area contributed by atoms with Gasteiger partial charge in [0.05, 0.1) is 16.0 Å². The Morgan fingerprint density at radius 1 is 0.960 bits per heavy atom. The second-order valence-electron chi connectivity index (χ2n) is 5.58. The average Bonchev–Trinajstić information content (AvgIpc) is 3.06. The Hall–Kier alpha value is -3.18. The summed E-state index contributed by atoms with van der Waals surface area (Å²) in [4.78, 5) is 18.5. The molecule has 4 aromatic rings. The molecule has 0 fully saturated rings. The minimum absolute atomic E-state index is 0.106. The number of benzene rings is 3. The van der Waals surface area contributed by atoms with E-state index in [4.69, 9.17) is 11.6 Å². The highest BCUT2D eigenvalue weighted by Gasteiger charge is 2.16. The highest BCUT2D eigenvalue weighted by molar-refractivity contribution is 6.32. The average molecular weight is 350 g/mol. The maximum absolute atomic E-state index is 11.1. The molecular weight excluding hydrogens is 338 g/mol. The summed E-state index contributed by atoms with van der Waals surface area (Å²) in [7, 11) is 0. The van der Waals surface area contributed by atoms with E-state index in [0.717, 1.165) is 22.2 Å². The zero-order valence-electron chi connectivity index (χ0n) is 12.9. The number of H-pyrrole nitrogens is 1. The molecule has 6 heteroatoms. The lowest BCUT2D eigenvalue weighted by Crippen LogP contribution is -1.90. The van der Waals surface area contributed by atoms with Crippen LogP contribution in [0.2, 0.25) is 5.02 Å². The second-order valence-corrected chi connectivity index (χ2v) is 5.98. The summed E-state index contributed by atoms with van der Waals surface area (Å²) >= 11 is 5.89. The highest BCUT2D eigenvalue weighted by Crippen LogP contribution is 2.32. The molecule has 1 heterocycles. The SMILES string of the molecule is O=[N+]([O-])c1cc(-c2nc3c(-c4ccccc4)cccc3[nH]2)ccc1Cl. The molecule has 0 aliphatic heterocycles. The van der Waals surface area contributed by atoms with Crippen molar-refractivity contribution >= 4 is 28.3 Å². The predicted octanol–water partition coefficient (Wildman–Crippen LogP) is 5.46. The monoisotopic (exact) mass is 349 g/mol. The molecular formula is C19H12ClN3O2. The first-order valence-electron chi connectivity index (χ1n) is 7.62. The molecule has 25 heavy (non-hydrogen) atoms. The summed E-state index contributed by atoms with van der Waals surface area (Å²) in [5.41, 5.74) is 4.24. The largest absolute Gasteiger partial charge is 0.338 e. The van der Waals surface area contributed by atoms with Gasteiger partial charge in [0.25, 0.3) is 5.69 Å². The molecule has 0 amide bonds. The maximum atomic E-state index is 11.1. The molecule has 0 aliphatic rings. The van der Waals surface area contributed by atoms with E-state index in [1.807, 2.05) is 48.5 Å². The lowest BCUT2D eigenvalue weighted by molar-refractivity contribution is -0.384. The number of hydrogen-bond acceptors (Lipinski definition) is 3. The lowest BCUT2D eigenvalue weighted by Gasteiger charge is -2.01. The van der Waals surface area contributed by atoms with Gasteiger partial charge in [-0.05, 0) is 23.8 Å². The summed E-state index contributed by atoms with van der Waals surface area (Å²) < 4.78 is 0. The van der Waals surface area contributed by atoms with Crippen molar-refractivity contribution in [3.63, 3.8) is 0 Å². The van der Waals surface area contributed by atoms with Gasteiger partial charge < -0.3 is 4.98 Å². The van der Waals surface area contributed by atoms with Crippen LogP contribution in [0.1, 0.15) is 0 Å². The first-order valence-corrected chi connectivity index (χ1v) is 8.00. The molecule has 0 aliphatic carbocycles. The zero-order chi connectivity index (χ0) is 17.4. The molecule has 1 aromatic heterocycles. The van der Waals surface area contributed by atoms with Crippen molar-refractivity contribution < 1.29 is 4.92 Å². The third-order valence-electron chi connectivity index (χ3n) is 4.01. The Balaban J connectivity index is 1.88. The topological polar surface area (TPSA) is 71.8 Å². The van der Waals surface area contributed by atoms with Gasteiger partial charge >= 0.3 is 0 Å². The minimum Gasteiger partial charge on any atom is -0.338 e. The normalized spacial score (nSPS) is 10.9. The number of nitrogens with zero attached hydrogens (tertiary/aromatic N) is 2. The standard InChI is InChI=1S/C19H12ClN3O2/c20-15-10-9-13(11-17(15)23(24)25)19-21-16-8-4-7-14(18(16)22-19)12-5-2-1-3-6-12/h1-11H,(H,21,22). The van der Waals surface area contributed by atoms with Crippen molar-refractivity contribution in [2.75, 3.05) is 0 Å². The van der Waals surface area contributed by atoms with E-state index in [2.05, 4.69) is 9.97 Å². The van der Waals surface area contributed by atoms with Crippen LogP contribution in [0.3, 0.4) is 0 Å². The van der Waals surface area contributed by atoms with Crippen LogP contribution in [-0.4, -0.2) is 14.9 Å². The van der Waals surface area contributed by atoms with Crippen LogP contribution < -0.4 is 0 Å². The highest BCUT2D eigenvalue weighted by atomic mass is 35.5. The van der Waals surface area contributed by atoms with E-state index in [1.165, 1.54) is 12.1 Å². The molecule has 0 saturated heterocycles. The van der Waals surface area contributed by atoms with Gasteiger partial charge in [0.1, 0.15) is 10.8 Å². The number of aromatic nitrogens is 2. The van der Waals surface area contributed by atoms with E-state index in [9.17, 15) is 10.1 Å². The third-order valence-corrected chi connectivity index (χ3v) is 4.33. The fourth-order valence-electron chi connectivity index (χ4n) is 2.82. The first kappa shape index (κ1) is 15.4. The second kappa shape index (κ2) is 6.03. The zero-order valence-corrected chi connectivity index (χ0v) is 13.7. The molecule has 0 atom stereocenters. The fourth-order valence-corrected chi connectivity index (χ4v) is 3.01. The molecule has 0 bridgehead atoms. The molecule has 3 aromatic carbocycles. The van der Waals surface area contributed by atoms with E-state index in [-0.39, 0.29) is 10.7 Å². The summed E-state index contributed by atoms with van der Waals surface area (Å²) in [5, 5.41) is 11.2. The number of para-hydroxylation sites is 1. The summed E-state index contributed by atoms with van der Waals surface area (Å²) in [5.74, 6) is 0.568. The molecule has 0 saturated carbocycles. The summed E-state index contributed by atoms with van der Waals surface area (Å²) in [6.45, 7) is 0. The molecule has 0 unspecified atom stereocenters. The van der Waals surface area contributed by atoms with Crippen LogP contribution >= 0.6 is 11.6 Å². The van der Waals surface area contributed by atoms with E-state index >= 15 is 0 Å². The van der Waals surface area contributed by atoms with Crippen molar-refractivity contribution in [3.05, 3.63) is 81.9 Å². The van der Waals surface area contributed by atoms with Gasteiger partial charge in [0.15, 0.2) is 0 Å². The lowest BCUT2D eigenvalue weighted by atomic mass is 10.0. The Bertz CT molecular complexity index is 1090. The quantitative estimate of drug-likeness (QED) is 0.394. The number of fused-ring (bicyclic) bond motifs is 1. The van der Waals surface area contributed by atoms with Crippen LogP contribution in [0.15, 0.2) is 66.7 Å². The molecule has 0 spiro atoms. The van der Waals surface area contributed by atoms with Crippen molar-refractivity contribution in [2.45, 2.75) is 0 Å². The van der Waals surface area contributed by atoms with Gasteiger partial charge in [-0.1, -0.05) is 54.1 Å². The molecule has 4 rings (SSSR count). The van der Waals surface area contributed by atoms with Gasteiger partial charge in [0, 0.05) is 17.2 Å². The van der Waals surface area contributed by atoms with Crippen LogP contribution in [0.5, 0.6) is 0 Å². The van der Waals surface area contributed by atoms with Crippen LogP contribution in [0, 0.1) is 10.1 Å². The van der Waals surface area contributed by atoms with Crippen molar-refractivity contribution in [1.29, 1.82) is 0 Å².